The molecule has 1 aromatic carbocycles. The molecule has 1 heterocycles. The quantitative estimate of drug-likeness (QED) is 0.820. The Kier molecular flexibility index (Phi) is 3.49. The number of hydrogen-bond donors (Lipinski definition) is 1. The third-order valence-electron chi connectivity index (χ3n) is 3.44. The average Bonchev–Trinajstić information content (AvgIpc) is 2.32. The normalized spacial score (nSPS) is 25.8. The van der Waals surface area contributed by atoms with Gasteiger partial charge in [-0.2, -0.15) is 0 Å². The smallest absolute Gasteiger partial charge is 0.0387 e. The van der Waals surface area contributed by atoms with Gasteiger partial charge in [0.05, 0.1) is 0 Å². The van der Waals surface area contributed by atoms with Gasteiger partial charge in [-0.3, -0.25) is 0 Å². The van der Waals surface area contributed by atoms with Crippen LogP contribution in [0.2, 0.25) is 0 Å². The Balaban J connectivity index is 2.15. The van der Waals surface area contributed by atoms with Gasteiger partial charge in [0.2, 0.25) is 0 Å². The molecule has 2 unspecified atom stereocenters. The van der Waals surface area contributed by atoms with Crippen molar-refractivity contribution in [3.63, 3.8) is 0 Å². The first-order valence-corrected chi connectivity index (χ1v) is 6.29. The summed E-state index contributed by atoms with van der Waals surface area (Å²) >= 11 is 0. The molecule has 0 saturated carbocycles. The minimum atomic E-state index is 0.585. The fraction of sp³-hybridized carbons (Fsp3) is 0.571. The van der Waals surface area contributed by atoms with E-state index >= 15 is 0 Å². The van der Waals surface area contributed by atoms with Crippen LogP contribution in [0.4, 0.5) is 5.69 Å². The molecule has 0 radical (unpaired) electrons. The van der Waals surface area contributed by atoms with Gasteiger partial charge in [0.1, 0.15) is 0 Å². The fourth-order valence-corrected chi connectivity index (χ4v) is 2.30. The van der Waals surface area contributed by atoms with Gasteiger partial charge in [0.25, 0.3) is 0 Å². The number of hydrogen-bond acceptors (Lipinski definition) is 2. The number of nitrogens with zero attached hydrogens (tertiary/aromatic N) is 1. The lowest BCUT2D eigenvalue weighted by atomic mass is 10.1. The second-order valence-corrected chi connectivity index (χ2v) is 4.83. The van der Waals surface area contributed by atoms with E-state index in [1.807, 2.05) is 0 Å². The van der Waals surface area contributed by atoms with Crippen LogP contribution in [0, 0.1) is 0 Å². The summed E-state index contributed by atoms with van der Waals surface area (Å²) in [6.07, 6.45) is 1.12. The summed E-state index contributed by atoms with van der Waals surface area (Å²) in [7, 11) is 0. The van der Waals surface area contributed by atoms with Crippen LogP contribution in [-0.4, -0.2) is 25.2 Å². The van der Waals surface area contributed by atoms with Crippen LogP contribution < -0.4 is 10.2 Å². The predicted molar refractivity (Wildman–Crippen MR) is 70.1 cm³/mol. The maximum Gasteiger partial charge on any atom is 0.0387 e. The molecule has 0 aliphatic carbocycles. The van der Waals surface area contributed by atoms with Crippen LogP contribution in [0.3, 0.4) is 0 Å². The van der Waals surface area contributed by atoms with Crippen LogP contribution >= 0.6 is 0 Å². The number of anilines is 1. The molecule has 2 nitrogen and oxygen atoms in total. The standard InChI is InChI=1S/C14H22N2/c1-4-13-5-7-14(8-6-13)16-10-11(2)15-9-12(16)3/h5-8,11-12,15H,4,9-10H2,1-3H3. The molecular weight excluding hydrogens is 196 g/mol. The van der Waals surface area contributed by atoms with Crippen LogP contribution in [0.1, 0.15) is 26.3 Å². The highest BCUT2D eigenvalue weighted by molar-refractivity contribution is 5.49. The predicted octanol–water partition coefficient (Wildman–Crippen LogP) is 2.44. The molecule has 0 spiro atoms. The molecule has 0 amide bonds. The van der Waals surface area contributed by atoms with E-state index in [9.17, 15) is 0 Å². The third kappa shape index (κ3) is 2.38. The van der Waals surface area contributed by atoms with E-state index in [1.165, 1.54) is 11.3 Å². The van der Waals surface area contributed by atoms with Crippen molar-refractivity contribution < 1.29 is 0 Å². The highest BCUT2D eigenvalue weighted by atomic mass is 15.2. The number of benzene rings is 1. The lowest BCUT2D eigenvalue weighted by molar-refractivity contribution is 0.425. The van der Waals surface area contributed by atoms with Gasteiger partial charge in [-0.15, -0.1) is 0 Å². The Morgan fingerprint density at radius 3 is 2.56 bits per heavy atom. The topological polar surface area (TPSA) is 15.3 Å². The number of rotatable bonds is 2. The van der Waals surface area contributed by atoms with Gasteiger partial charge in [-0.1, -0.05) is 19.1 Å². The molecule has 0 bridgehead atoms. The second kappa shape index (κ2) is 4.88. The van der Waals surface area contributed by atoms with Gasteiger partial charge in [-0.05, 0) is 38.0 Å². The average molecular weight is 218 g/mol. The van der Waals surface area contributed by atoms with Gasteiger partial charge < -0.3 is 10.2 Å². The van der Waals surface area contributed by atoms with Crippen LogP contribution in [0.25, 0.3) is 0 Å². The minimum absolute atomic E-state index is 0.585. The summed E-state index contributed by atoms with van der Waals surface area (Å²) in [5.41, 5.74) is 2.78. The number of piperazine rings is 1. The van der Waals surface area contributed by atoms with Gasteiger partial charge in [0, 0.05) is 30.9 Å². The first-order chi connectivity index (χ1) is 7.70. The van der Waals surface area contributed by atoms with Crippen molar-refractivity contribution >= 4 is 5.69 Å². The van der Waals surface area contributed by atoms with E-state index < -0.39 is 0 Å². The first-order valence-electron chi connectivity index (χ1n) is 6.29. The zero-order valence-corrected chi connectivity index (χ0v) is 10.5. The van der Waals surface area contributed by atoms with E-state index in [4.69, 9.17) is 0 Å². The van der Waals surface area contributed by atoms with Crippen molar-refractivity contribution in [2.75, 3.05) is 18.0 Å². The maximum atomic E-state index is 3.51. The van der Waals surface area contributed by atoms with Crippen molar-refractivity contribution in [1.82, 2.24) is 5.32 Å². The van der Waals surface area contributed by atoms with E-state index in [2.05, 4.69) is 55.3 Å². The van der Waals surface area contributed by atoms with Crippen molar-refractivity contribution in [2.24, 2.45) is 0 Å². The minimum Gasteiger partial charge on any atom is -0.366 e. The van der Waals surface area contributed by atoms with E-state index in [-0.39, 0.29) is 0 Å². The molecule has 1 saturated heterocycles. The monoisotopic (exact) mass is 218 g/mol. The Hall–Kier alpha value is -1.02. The zero-order chi connectivity index (χ0) is 11.5. The highest BCUT2D eigenvalue weighted by Gasteiger charge is 2.22. The second-order valence-electron chi connectivity index (χ2n) is 4.83. The Morgan fingerprint density at radius 2 is 1.94 bits per heavy atom. The fourth-order valence-electron chi connectivity index (χ4n) is 2.30. The van der Waals surface area contributed by atoms with Crippen molar-refractivity contribution in [3.8, 4) is 0 Å². The summed E-state index contributed by atoms with van der Waals surface area (Å²) in [5, 5.41) is 3.51. The third-order valence-corrected chi connectivity index (χ3v) is 3.44. The Bertz CT molecular complexity index is 331. The van der Waals surface area contributed by atoms with Gasteiger partial charge in [0.15, 0.2) is 0 Å². The van der Waals surface area contributed by atoms with Gasteiger partial charge in [-0.25, -0.2) is 0 Å². The van der Waals surface area contributed by atoms with Crippen molar-refractivity contribution in [1.29, 1.82) is 0 Å². The summed E-state index contributed by atoms with van der Waals surface area (Å²) in [5.74, 6) is 0. The van der Waals surface area contributed by atoms with Crippen LogP contribution in [0.15, 0.2) is 24.3 Å². The molecule has 1 aromatic rings. The Labute approximate surface area is 98.7 Å². The van der Waals surface area contributed by atoms with Gasteiger partial charge >= 0.3 is 0 Å². The molecule has 1 aliphatic rings. The molecular formula is C14H22N2. The van der Waals surface area contributed by atoms with E-state index in [0.29, 0.717) is 12.1 Å². The largest absolute Gasteiger partial charge is 0.366 e. The molecule has 2 rings (SSSR count). The summed E-state index contributed by atoms with van der Waals surface area (Å²) in [4.78, 5) is 2.50. The molecule has 88 valence electrons. The summed E-state index contributed by atoms with van der Waals surface area (Å²) < 4.78 is 0. The molecule has 16 heavy (non-hydrogen) atoms. The molecule has 0 aromatic heterocycles. The highest BCUT2D eigenvalue weighted by Crippen LogP contribution is 2.20. The first kappa shape index (κ1) is 11.5. The summed E-state index contributed by atoms with van der Waals surface area (Å²) in [6, 6.07) is 10.2. The van der Waals surface area contributed by atoms with Crippen LogP contribution in [0.5, 0.6) is 0 Å². The lowest BCUT2D eigenvalue weighted by Gasteiger charge is -2.39. The maximum absolute atomic E-state index is 3.51. The molecule has 2 atom stereocenters. The lowest BCUT2D eigenvalue weighted by Crippen LogP contribution is -2.54. The molecule has 1 fully saturated rings. The van der Waals surface area contributed by atoms with E-state index in [0.717, 1.165) is 19.5 Å². The SMILES string of the molecule is CCc1ccc(N2CC(C)NCC2C)cc1. The van der Waals surface area contributed by atoms with Crippen LogP contribution in [-0.2, 0) is 6.42 Å². The van der Waals surface area contributed by atoms with Crippen molar-refractivity contribution in [2.45, 2.75) is 39.3 Å². The summed E-state index contributed by atoms with van der Waals surface area (Å²) in [6.45, 7) is 8.92. The molecule has 1 aliphatic heterocycles. The van der Waals surface area contributed by atoms with E-state index in [1.54, 1.807) is 0 Å². The number of aryl methyl sites for hydroxylation is 1. The number of nitrogens with one attached hydrogen (secondary N) is 1. The molecule has 2 heteroatoms. The van der Waals surface area contributed by atoms with Crippen molar-refractivity contribution in [3.05, 3.63) is 29.8 Å². The Morgan fingerprint density at radius 1 is 1.25 bits per heavy atom. The zero-order valence-electron chi connectivity index (χ0n) is 10.5. The molecule has 1 N–H and O–H groups in total.